The van der Waals surface area contributed by atoms with Crippen molar-refractivity contribution in [1.82, 2.24) is 10.2 Å². The fourth-order valence-electron chi connectivity index (χ4n) is 3.15. The Bertz CT molecular complexity index is 836. The average molecular weight is 428 g/mol. The number of nitrogens with zero attached hydrogens (tertiary/aromatic N) is 1. The van der Waals surface area contributed by atoms with Crippen LogP contribution in [0.15, 0.2) is 48.5 Å². The van der Waals surface area contributed by atoms with Crippen molar-refractivity contribution in [3.8, 4) is 5.75 Å². The molecule has 0 radical (unpaired) electrons. The second-order valence-electron chi connectivity index (χ2n) is 7.27. The number of hydrogen-bond donors (Lipinski definition) is 2. The van der Waals surface area contributed by atoms with Crippen molar-refractivity contribution in [3.63, 3.8) is 0 Å². The number of thioether (sulfide) groups is 1. The Labute approximate surface area is 182 Å². The summed E-state index contributed by atoms with van der Waals surface area (Å²) in [7, 11) is 0. The molecule has 0 saturated carbocycles. The van der Waals surface area contributed by atoms with Crippen molar-refractivity contribution in [1.29, 1.82) is 0 Å². The highest BCUT2D eigenvalue weighted by molar-refractivity contribution is 7.99. The Morgan fingerprint density at radius 2 is 1.87 bits per heavy atom. The quantitative estimate of drug-likeness (QED) is 0.630. The maximum absolute atomic E-state index is 12.3. The highest BCUT2D eigenvalue weighted by Gasteiger charge is 2.16. The lowest BCUT2D eigenvalue weighted by molar-refractivity contribution is -0.130. The molecular weight excluding hydrogens is 398 g/mol. The number of aryl methyl sites for hydroxylation is 1. The number of amides is 3. The van der Waals surface area contributed by atoms with Crippen LogP contribution in [0.2, 0.25) is 0 Å². The van der Waals surface area contributed by atoms with Gasteiger partial charge in [0.25, 0.3) is 0 Å². The van der Waals surface area contributed by atoms with E-state index in [9.17, 15) is 9.59 Å². The lowest BCUT2D eigenvalue weighted by Gasteiger charge is -2.26. The van der Waals surface area contributed by atoms with Gasteiger partial charge in [0.2, 0.25) is 5.91 Å². The van der Waals surface area contributed by atoms with Gasteiger partial charge in [-0.2, -0.15) is 11.8 Å². The largest absolute Gasteiger partial charge is 0.494 e. The van der Waals surface area contributed by atoms with Gasteiger partial charge in [-0.3, -0.25) is 4.79 Å². The summed E-state index contributed by atoms with van der Waals surface area (Å²) in [6, 6.07) is 15.1. The van der Waals surface area contributed by atoms with E-state index >= 15 is 0 Å². The van der Waals surface area contributed by atoms with E-state index in [0.29, 0.717) is 25.3 Å². The van der Waals surface area contributed by atoms with Crippen LogP contribution in [-0.4, -0.2) is 54.6 Å². The van der Waals surface area contributed by atoms with Gasteiger partial charge in [-0.25, -0.2) is 4.79 Å². The summed E-state index contributed by atoms with van der Waals surface area (Å²) in [5.41, 5.74) is 2.82. The van der Waals surface area contributed by atoms with E-state index in [0.717, 1.165) is 47.9 Å². The third-order valence-electron chi connectivity index (χ3n) is 4.80. The molecule has 7 heteroatoms. The molecule has 3 amide bonds. The minimum atomic E-state index is -0.250. The molecule has 0 atom stereocenters. The van der Waals surface area contributed by atoms with Gasteiger partial charge in [0, 0.05) is 36.8 Å². The lowest BCUT2D eigenvalue weighted by atomic mass is 10.1. The van der Waals surface area contributed by atoms with E-state index in [1.54, 1.807) is 0 Å². The summed E-state index contributed by atoms with van der Waals surface area (Å²) in [6.45, 7) is 4.76. The van der Waals surface area contributed by atoms with Gasteiger partial charge in [0.1, 0.15) is 5.75 Å². The molecule has 160 valence electrons. The number of carbonyl (C=O) groups excluding carboxylic acids is 2. The summed E-state index contributed by atoms with van der Waals surface area (Å²) in [5, 5.41) is 5.64. The maximum Gasteiger partial charge on any atom is 0.319 e. The summed E-state index contributed by atoms with van der Waals surface area (Å²) in [6.07, 6.45) is 1.12. The minimum absolute atomic E-state index is 0.168. The lowest BCUT2D eigenvalue weighted by Crippen LogP contribution is -2.38. The third kappa shape index (κ3) is 7.30. The highest BCUT2D eigenvalue weighted by atomic mass is 32.2. The van der Waals surface area contributed by atoms with Crippen LogP contribution in [0.25, 0.3) is 0 Å². The first-order chi connectivity index (χ1) is 14.6. The topological polar surface area (TPSA) is 70.7 Å². The molecular formula is C23H29N3O3S. The zero-order valence-electron chi connectivity index (χ0n) is 17.4. The van der Waals surface area contributed by atoms with E-state index in [1.807, 2.05) is 72.1 Å². The molecule has 6 nitrogen and oxygen atoms in total. The van der Waals surface area contributed by atoms with Gasteiger partial charge in [-0.1, -0.05) is 24.3 Å². The van der Waals surface area contributed by atoms with Crippen LogP contribution in [0.3, 0.4) is 0 Å². The first-order valence-electron chi connectivity index (χ1n) is 10.3. The van der Waals surface area contributed by atoms with Crippen molar-refractivity contribution >= 4 is 29.4 Å². The second kappa shape index (κ2) is 11.5. The Hall–Kier alpha value is -2.67. The van der Waals surface area contributed by atoms with Crippen molar-refractivity contribution in [2.24, 2.45) is 0 Å². The zero-order valence-corrected chi connectivity index (χ0v) is 18.2. The molecule has 30 heavy (non-hydrogen) atoms. The Morgan fingerprint density at radius 3 is 2.60 bits per heavy atom. The van der Waals surface area contributed by atoms with Crippen LogP contribution in [-0.2, 0) is 11.2 Å². The van der Waals surface area contributed by atoms with Crippen molar-refractivity contribution < 1.29 is 14.3 Å². The number of rotatable bonds is 8. The van der Waals surface area contributed by atoms with Crippen molar-refractivity contribution in [3.05, 3.63) is 59.7 Å². The van der Waals surface area contributed by atoms with E-state index in [2.05, 4.69) is 10.6 Å². The van der Waals surface area contributed by atoms with Crippen LogP contribution >= 0.6 is 11.8 Å². The van der Waals surface area contributed by atoms with E-state index in [1.165, 1.54) is 0 Å². The Morgan fingerprint density at radius 1 is 1.10 bits per heavy atom. The zero-order chi connectivity index (χ0) is 21.2. The number of urea groups is 1. The fraction of sp³-hybridized carbons (Fsp3) is 0.391. The van der Waals surface area contributed by atoms with Gasteiger partial charge < -0.3 is 20.3 Å². The summed E-state index contributed by atoms with van der Waals surface area (Å²) in [4.78, 5) is 26.3. The van der Waals surface area contributed by atoms with Crippen LogP contribution in [0, 0.1) is 6.92 Å². The van der Waals surface area contributed by atoms with Gasteiger partial charge in [-0.15, -0.1) is 0 Å². The first kappa shape index (κ1) is 22.0. The standard InChI is InChI=1S/C23H29N3O3S/c1-18-4-2-5-21(16-18)29-13-3-10-24-23(28)25-20-8-6-19(7-9-20)17-22(27)26-11-14-30-15-12-26/h2,4-9,16H,3,10-15,17H2,1H3,(H2,24,25,28). The number of benzene rings is 2. The Kier molecular flexibility index (Phi) is 8.44. The molecule has 1 aliphatic heterocycles. The normalized spacial score (nSPS) is 13.6. The molecule has 1 saturated heterocycles. The first-order valence-corrected chi connectivity index (χ1v) is 11.4. The van der Waals surface area contributed by atoms with E-state index in [4.69, 9.17) is 4.74 Å². The molecule has 2 N–H and O–H groups in total. The van der Waals surface area contributed by atoms with Crippen molar-refractivity contribution in [2.45, 2.75) is 19.8 Å². The second-order valence-corrected chi connectivity index (χ2v) is 8.49. The molecule has 3 rings (SSSR count). The molecule has 1 heterocycles. The Balaban J connectivity index is 1.33. The van der Waals surface area contributed by atoms with E-state index in [-0.39, 0.29) is 11.9 Å². The molecule has 0 aromatic heterocycles. The number of ether oxygens (including phenoxy) is 1. The fourth-order valence-corrected chi connectivity index (χ4v) is 4.05. The van der Waals surface area contributed by atoms with Gasteiger partial charge in [0.15, 0.2) is 0 Å². The summed E-state index contributed by atoms with van der Waals surface area (Å²) in [5.74, 6) is 3.04. The maximum atomic E-state index is 12.3. The van der Waals surface area contributed by atoms with Crippen LogP contribution in [0.1, 0.15) is 17.5 Å². The van der Waals surface area contributed by atoms with E-state index < -0.39 is 0 Å². The third-order valence-corrected chi connectivity index (χ3v) is 5.74. The molecule has 0 bridgehead atoms. The van der Waals surface area contributed by atoms with Gasteiger partial charge in [0.05, 0.1) is 13.0 Å². The minimum Gasteiger partial charge on any atom is -0.494 e. The SMILES string of the molecule is Cc1cccc(OCCCNC(=O)Nc2ccc(CC(=O)N3CCSCC3)cc2)c1. The highest BCUT2D eigenvalue weighted by Crippen LogP contribution is 2.14. The number of hydrogen-bond acceptors (Lipinski definition) is 4. The average Bonchev–Trinajstić information content (AvgIpc) is 2.75. The predicted molar refractivity (Wildman–Crippen MR) is 122 cm³/mol. The number of anilines is 1. The number of nitrogens with one attached hydrogen (secondary N) is 2. The molecule has 0 unspecified atom stereocenters. The molecule has 2 aromatic rings. The molecule has 1 aliphatic rings. The van der Waals surface area contributed by atoms with Crippen LogP contribution in [0.5, 0.6) is 5.75 Å². The molecule has 0 aliphatic carbocycles. The van der Waals surface area contributed by atoms with Gasteiger partial charge >= 0.3 is 6.03 Å². The smallest absolute Gasteiger partial charge is 0.319 e. The summed E-state index contributed by atoms with van der Waals surface area (Å²) < 4.78 is 5.67. The molecule has 2 aromatic carbocycles. The predicted octanol–water partition coefficient (Wildman–Crippen LogP) is 3.70. The molecule has 0 spiro atoms. The van der Waals surface area contributed by atoms with Crippen molar-refractivity contribution in [2.75, 3.05) is 43.1 Å². The van der Waals surface area contributed by atoms with Gasteiger partial charge in [-0.05, 0) is 48.7 Å². The van der Waals surface area contributed by atoms with Crippen LogP contribution in [0.4, 0.5) is 10.5 Å². The summed E-state index contributed by atoms with van der Waals surface area (Å²) >= 11 is 1.89. The monoisotopic (exact) mass is 427 g/mol. The van der Waals surface area contributed by atoms with Crippen LogP contribution < -0.4 is 15.4 Å². The molecule has 1 fully saturated rings. The number of carbonyl (C=O) groups is 2.